The summed E-state index contributed by atoms with van der Waals surface area (Å²) in [5.74, 6) is 1.21. The maximum absolute atomic E-state index is 4.46. The van der Waals surface area contributed by atoms with Crippen molar-refractivity contribution in [3.05, 3.63) is 52.8 Å². The normalized spacial score (nSPS) is 14.3. The molecule has 1 aromatic carbocycles. The van der Waals surface area contributed by atoms with Gasteiger partial charge in [0.25, 0.3) is 0 Å². The highest BCUT2D eigenvalue weighted by Gasteiger charge is 2.16. The smallest absolute Gasteiger partial charge is 0.191 e. The third-order valence-corrected chi connectivity index (χ3v) is 4.75. The van der Waals surface area contributed by atoms with Crippen molar-refractivity contribution in [3.63, 3.8) is 0 Å². The number of hydrogen-bond donors (Lipinski definition) is 2. The molecule has 0 aliphatic rings. The quantitative estimate of drug-likeness (QED) is 0.656. The van der Waals surface area contributed by atoms with E-state index in [1.165, 1.54) is 16.8 Å². The molecular formula is C19H29N5. The lowest BCUT2D eigenvalue weighted by atomic mass is 9.94. The van der Waals surface area contributed by atoms with Crippen molar-refractivity contribution in [2.75, 3.05) is 7.05 Å². The van der Waals surface area contributed by atoms with E-state index in [1.807, 2.05) is 24.7 Å². The highest BCUT2D eigenvalue weighted by atomic mass is 15.3. The summed E-state index contributed by atoms with van der Waals surface area (Å²) in [6.07, 6.45) is 0. The Hall–Kier alpha value is -2.30. The Morgan fingerprint density at radius 3 is 2.42 bits per heavy atom. The number of nitrogens with one attached hydrogen (secondary N) is 2. The van der Waals surface area contributed by atoms with Gasteiger partial charge < -0.3 is 10.6 Å². The Morgan fingerprint density at radius 2 is 1.88 bits per heavy atom. The van der Waals surface area contributed by atoms with E-state index in [0.29, 0.717) is 5.92 Å². The summed E-state index contributed by atoms with van der Waals surface area (Å²) in [4.78, 5) is 4.35. The summed E-state index contributed by atoms with van der Waals surface area (Å²) in [7, 11) is 3.78. The molecule has 1 heterocycles. The van der Waals surface area contributed by atoms with Gasteiger partial charge in [-0.3, -0.25) is 9.67 Å². The number of hydrogen-bond acceptors (Lipinski definition) is 2. The zero-order valence-corrected chi connectivity index (χ0v) is 15.6. The standard InChI is InChI=1S/C19H29N5/c1-13(17-10-8-7-9-11-17)14(2)22-19(20-5)21-12-18-15(3)23-24(6)16(18)4/h7-11,13-14H,12H2,1-6H3,(H2,20,21,22). The summed E-state index contributed by atoms with van der Waals surface area (Å²) in [6, 6.07) is 10.8. The Bertz CT molecular complexity index is 687. The molecule has 24 heavy (non-hydrogen) atoms. The minimum absolute atomic E-state index is 0.273. The van der Waals surface area contributed by atoms with Crippen molar-refractivity contribution in [2.24, 2.45) is 12.0 Å². The molecule has 5 nitrogen and oxygen atoms in total. The molecule has 0 aliphatic heterocycles. The molecule has 2 unspecified atom stereocenters. The van der Waals surface area contributed by atoms with Gasteiger partial charge in [0.2, 0.25) is 0 Å². The molecular weight excluding hydrogens is 298 g/mol. The number of aryl methyl sites for hydroxylation is 2. The lowest BCUT2D eigenvalue weighted by molar-refractivity contribution is 0.550. The van der Waals surface area contributed by atoms with Gasteiger partial charge in [-0.25, -0.2) is 0 Å². The number of benzene rings is 1. The largest absolute Gasteiger partial charge is 0.353 e. The molecule has 0 aliphatic carbocycles. The molecule has 0 bridgehead atoms. The number of guanidine groups is 1. The van der Waals surface area contributed by atoms with Crippen LogP contribution in [0.15, 0.2) is 35.3 Å². The highest BCUT2D eigenvalue weighted by molar-refractivity contribution is 5.80. The van der Waals surface area contributed by atoms with Crippen LogP contribution in [0.4, 0.5) is 0 Å². The van der Waals surface area contributed by atoms with Crippen LogP contribution in [0.1, 0.15) is 42.3 Å². The molecule has 2 aromatic rings. The summed E-state index contributed by atoms with van der Waals surface area (Å²) in [5.41, 5.74) is 4.79. The van der Waals surface area contributed by atoms with Gasteiger partial charge in [0.1, 0.15) is 0 Å². The van der Waals surface area contributed by atoms with Crippen molar-refractivity contribution in [1.29, 1.82) is 0 Å². The SMILES string of the molecule is CN=C(NCc1c(C)nn(C)c1C)NC(C)C(C)c1ccccc1. The van der Waals surface area contributed by atoms with Gasteiger partial charge in [-0.2, -0.15) is 5.10 Å². The summed E-state index contributed by atoms with van der Waals surface area (Å²) >= 11 is 0. The fourth-order valence-electron chi connectivity index (χ4n) is 2.83. The first kappa shape index (κ1) is 18.0. The van der Waals surface area contributed by atoms with Crippen LogP contribution < -0.4 is 10.6 Å². The monoisotopic (exact) mass is 327 g/mol. The predicted octanol–water partition coefficient (Wildman–Crippen LogP) is 2.89. The summed E-state index contributed by atoms with van der Waals surface area (Å²) in [5, 5.41) is 11.4. The fraction of sp³-hybridized carbons (Fsp3) is 0.474. The van der Waals surface area contributed by atoms with E-state index in [-0.39, 0.29) is 6.04 Å². The van der Waals surface area contributed by atoms with E-state index in [0.717, 1.165) is 18.2 Å². The van der Waals surface area contributed by atoms with E-state index in [4.69, 9.17) is 0 Å². The molecule has 0 saturated carbocycles. The van der Waals surface area contributed by atoms with E-state index in [9.17, 15) is 0 Å². The molecule has 130 valence electrons. The van der Waals surface area contributed by atoms with Gasteiger partial charge in [-0.15, -0.1) is 0 Å². The average Bonchev–Trinajstić information content (AvgIpc) is 2.83. The lowest BCUT2D eigenvalue weighted by Gasteiger charge is -2.24. The van der Waals surface area contributed by atoms with E-state index >= 15 is 0 Å². The molecule has 0 fully saturated rings. The molecule has 2 atom stereocenters. The van der Waals surface area contributed by atoms with Gasteiger partial charge in [0.05, 0.1) is 5.69 Å². The Kier molecular flexibility index (Phi) is 6.01. The molecule has 5 heteroatoms. The van der Waals surface area contributed by atoms with Crippen molar-refractivity contribution in [1.82, 2.24) is 20.4 Å². The number of nitrogens with zero attached hydrogens (tertiary/aromatic N) is 3. The van der Waals surface area contributed by atoms with Crippen LogP contribution in [0.5, 0.6) is 0 Å². The number of rotatable bonds is 5. The van der Waals surface area contributed by atoms with Crippen LogP contribution in [0.2, 0.25) is 0 Å². The first-order chi connectivity index (χ1) is 11.4. The molecule has 0 spiro atoms. The molecule has 1 aromatic heterocycles. The van der Waals surface area contributed by atoms with Crippen LogP contribution in [-0.4, -0.2) is 28.8 Å². The summed E-state index contributed by atoms with van der Waals surface area (Å²) in [6.45, 7) is 9.27. The van der Waals surface area contributed by atoms with E-state index in [2.05, 4.69) is 65.8 Å². The molecule has 2 rings (SSSR count). The molecule has 0 saturated heterocycles. The van der Waals surface area contributed by atoms with Crippen molar-refractivity contribution in [3.8, 4) is 0 Å². The zero-order valence-electron chi connectivity index (χ0n) is 15.6. The third-order valence-electron chi connectivity index (χ3n) is 4.75. The Morgan fingerprint density at radius 1 is 1.21 bits per heavy atom. The first-order valence-corrected chi connectivity index (χ1v) is 8.45. The second-order valence-corrected chi connectivity index (χ2v) is 6.33. The van der Waals surface area contributed by atoms with Gasteiger partial charge in [-0.1, -0.05) is 37.3 Å². The minimum atomic E-state index is 0.273. The van der Waals surface area contributed by atoms with Crippen molar-refractivity contribution >= 4 is 5.96 Å². The molecule has 0 radical (unpaired) electrons. The van der Waals surface area contributed by atoms with Crippen LogP contribution in [0.25, 0.3) is 0 Å². The van der Waals surface area contributed by atoms with E-state index < -0.39 is 0 Å². The average molecular weight is 327 g/mol. The fourth-order valence-corrected chi connectivity index (χ4v) is 2.83. The Balaban J connectivity index is 1.97. The van der Waals surface area contributed by atoms with Crippen LogP contribution >= 0.6 is 0 Å². The third kappa shape index (κ3) is 4.16. The van der Waals surface area contributed by atoms with Crippen LogP contribution in [0.3, 0.4) is 0 Å². The second-order valence-electron chi connectivity index (χ2n) is 6.33. The number of aliphatic imine (C=N–C) groups is 1. The van der Waals surface area contributed by atoms with Gasteiger partial charge in [0.15, 0.2) is 5.96 Å². The number of aromatic nitrogens is 2. The maximum atomic E-state index is 4.46. The predicted molar refractivity (Wildman–Crippen MR) is 100 cm³/mol. The topological polar surface area (TPSA) is 54.2 Å². The maximum Gasteiger partial charge on any atom is 0.191 e. The zero-order chi connectivity index (χ0) is 17.7. The minimum Gasteiger partial charge on any atom is -0.353 e. The van der Waals surface area contributed by atoms with Crippen LogP contribution in [0, 0.1) is 13.8 Å². The molecule has 0 amide bonds. The Labute approximate surface area is 145 Å². The lowest BCUT2D eigenvalue weighted by Crippen LogP contribution is -2.43. The molecule has 2 N–H and O–H groups in total. The van der Waals surface area contributed by atoms with Gasteiger partial charge in [0, 0.05) is 43.9 Å². The first-order valence-electron chi connectivity index (χ1n) is 8.45. The van der Waals surface area contributed by atoms with Crippen molar-refractivity contribution in [2.45, 2.75) is 46.2 Å². The van der Waals surface area contributed by atoms with Gasteiger partial charge >= 0.3 is 0 Å². The highest BCUT2D eigenvalue weighted by Crippen LogP contribution is 2.18. The van der Waals surface area contributed by atoms with Crippen molar-refractivity contribution < 1.29 is 0 Å². The van der Waals surface area contributed by atoms with E-state index in [1.54, 1.807) is 7.05 Å². The second kappa shape index (κ2) is 7.99. The van der Waals surface area contributed by atoms with Crippen LogP contribution in [-0.2, 0) is 13.6 Å². The van der Waals surface area contributed by atoms with Gasteiger partial charge in [-0.05, 0) is 26.3 Å². The summed E-state index contributed by atoms with van der Waals surface area (Å²) < 4.78 is 1.92.